The number of sulfonamides is 1. The summed E-state index contributed by atoms with van der Waals surface area (Å²) in [6.45, 7) is 2.48. The number of hydrogen-bond acceptors (Lipinski definition) is 4. The summed E-state index contributed by atoms with van der Waals surface area (Å²) in [5.41, 5.74) is 0.799. The van der Waals surface area contributed by atoms with Crippen molar-refractivity contribution in [3.63, 3.8) is 0 Å². The summed E-state index contributed by atoms with van der Waals surface area (Å²) in [6, 6.07) is 6.53. The van der Waals surface area contributed by atoms with E-state index in [1.807, 2.05) is 6.92 Å². The number of nitrogens with zero attached hydrogens (tertiary/aromatic N) is 1. The van der Waals surface area contributed by atoms with E-state index >= 15 is 0 Å². The summed E-state index contributed by atoms with van der Waals surface area (Å²) in [5, 5.41) is 12.7. The number of aliphatic hydroxyl groups excluding tert-OH is 1. The molecule has 5 nitrogen and oxygen atoms in total. The van der Waals surface area contributed by atoms with E-state index in [0.29, 0.717) is 6.54 Å². The van der Waals surface area contributed by atoms with Crippen LogP contribution in [0.4, 0.5) is 5.69 Å². The van der Waals surface area contributed by atoms with Gasteiger partial charge in [-0.3, -0.25) is 0 Å². The highest BCUT2D eigenvalue weighted by Crippen LogP contribution is 2.16. The maximum atomic E-state index is 11.9. The molecule has 0 heterocycles. The number of hydrogen-bond donors (Lipinski definition) is 2. The predicted molar refractivity (Wildman–Crippen MR) is 76.7 cm³/mol. The molecule has 0 radical (unpaired) electrons. The highest BCUT2D eigenvalue weighted by atomic mass is 32.2. The molecule has 0 saturated heterocycles. The Morgan fingerprint density at radius 1 is 1.26 bits per heavy atom. The van der Waals surface area contributed by atoms with E-state index in [9.17, 15) is 13.5 Å². The molecule has 2 N–H and O–H groups in total. The Morgan fingerprint density at radius 2 is 1.84 bits per heavy atom. The first-order valence-corrected chi connectivity index (χ1v) is 7.76. The van der Waals surface area contributed by atoms with Crippen LogP contribution >= 0.6 is 0 Å². The molecule has 1 unspecified atom stereocenters. The van der Waals surface area contributed by atoms with Gasteiger partial charge in [0, 0.05) is 26.3 Å². The molecular formula is C13H22N2O3S. The van der Waals surface area contributed by atoms with E-state index in [1.165, 1.54) is 18.4 Å². The number of rotatable bonds is 7. The molecule has 1 aromatic carbocycles. The fraction of sp³-hybridized carbons (Fsp3) is 0.538. The summed E-state index contributed by atoms with van der Waals surface area (Å²) in [7, 11) is -0.372. The van der Waals surface area contributed by atoms with Gasteiger partial charge >= 0.3 is 0 Å². The van der Waals surface area contributed by atoms with Crippen LogP contribution < -0.4 is 5.32 Å². The van der Waals surface area contributed by atoms with Gasteiger partial charge in [-0.2, -0.15) is 0 Å². The first kappa shape index (κ1) is 15.9. The highest BCUT2D eigenvalue weighted by molar-refractivity contribution is 7.89. The van der Waals surface area contributed by atoms with Gasteiger partial charge in [0.1, 0.15) is 0 Å². The monoisotopic (exact) mass is 286 g/mol. The van der Waals surface area contributed by atoms with Gasteiger partial charge in [-0.1, -0.05) is 13.3 Å². The first-order valence-electron chi connectivity index (χ1n) is 6.32. The lowest BCUT2D eigenvalue weighted by atomic mass is 10.2. The van der Waals surface area contributed by atoms with Crippen molar-refractivity contribution >= 4 is 15.7 Å². The van der Waals surface area contributed by atoms with Crippen molar-refractivity contribution in [1.82, 2.24) is 4.31 Å². The van der Waals surface area contributed by atoms with Gasteiger partial charge in [-0.15, -0.1) is 0 Å². The summed E-state index contributed by atoms with van der Waals surface area (Å²) in [4.78, 5) is 0.261. The average Bonchev–Trinajstić information content (AvgIpc) is 2.37. The third-order valence-corrected chi connectivity index (χ3v) is 4.63. The molecule has 0 aliphatic heterocycles. The minimum Gasteiger partial charge on any atom is -0.391 e. The van der Waals surface area contributed by atoms with Gasteiger partial charge in [0.2, 0.25) is 10.0 Å². The zero-order valence-corrected chi connectivity index (χ0v) is 12.4. The van der Waals surface area contributed by atoms with Crippen LogP contribution in [-0.4, -0.2) is 44.6 Å². The number of aliphatic hydroxyl groups is 1. The van der Waals surface area contributed by atoms with Crippen molar-refractivity contribution in [2.24, 2.45) is 0 Å². The Balaban J connectivity index is 2.67. The molecule has 0 saturated carbocycles. The lowest BCUT2D eigenvalue weighted by Crippen LogP contribution is -2.22. The van der Waals surface area contributed by atoms with E-state index in [1.54, 1.807) is 24.3 Å². The topological polar surface area (TPSA) is 69.6 Å². The molecule has 108 valence electrons. The summed E-state index contributed by atoms with van der Waals surface area (Å²) in [5.74, 6) is 0. The third-order valence-electron chi connectivity index (χ3n) is 2.80. The number of anilines is 1. The van der Waals surface area contributed by atoms with E-state index in [-0.39, 0.29) is 11.0 Å². The maximum Gasteiger partial charge on any atom is 0.242 e. The van der Waals surface area contributed by atoms with Crippen molar-refractivity contribution in [2.45, 2.75) is 30.8 Å². The van der Waals surface area contributed by atoms with Gasteiger partial charge in [0.15, 0.2) is 0 Å². The molecule has 6 heteroatoms. The van der Waals surface area contributed by atoms with Crippen molar-refractivity contribution < 1.29 is 13.5 Å². The Morgan fingerprint density at radius 3 is 2.32 bits per heavy atom. The van der Waals surface area contributed by atoms with Crippen LogP contribution in [0, 0.1) is 0 Å². The second-order valence-electron chi connectivity index (χ2n) is 4.64. The Hall–Kier alpha value is -1.11. The van der Waals surface area contributed by atoms with Crippen LogP contribution in [-0.2, 0) is 10.0 Å². The smallest absolute Gasteiger partial charge is 0.242 e. The van der Waals surface area contributed by atoms with Gasteiger partial charge in [-0.05, 0) is 30.7 Å². The average molecular weight is 286 g/mol. The van der Waals surface area contributed by atoms with Crippen molar-refractivity contribution in [2.75, 3.05) is 26.0 Å². The molecule has 0 spiro atoms. The summed E-state index contributed by atoms with van der Waals surface area (Å²) >= 11 is 0. The second kappa shape index (κ2) is 6.88. The summed E-state index contributed by atoms with van der Waals surface area (Å²) in [6.07, 6.45) is 1.30. The minimum absolute atomic E-state index is 0.261. The van der Waals surface area contributed by atoms with Crippen LogP contribution in [0.1, 0.15) is 19.8 Å². The van der Waals surface area contributed by atoms with Gasteiger partial charge < -0.3 is 10.4 Å². The molecule has 0 aliphatic rings. The zero-order valence-electron chi connectivity index (χ0n) is 11.6. The van der Waals surface area contributed by atoms with Crippen LogP contribution in [0.3, 0.4) is 0 Å². The highest BCUT2D eigenvalue weighted by Gasteiger charge is 2.16. The third kappa shape index (κ3) is 4.49. The molecular weight excluding hydrogens is 264 g/mol. The quantitative estimate of drug-likeness (QED) is 0.797. The van der Waals surface area contributed by atoms with Crippen LogP contribution in [0.2, 0.25) is 0 Å². The SMILES string of the molecule is CCCC(O)CNc1ccc(S(=O)(=O)N(C)C)cc1. The molecule has 19 heavy (non-hydrogen) atoms. The lowest BCUT2D eigenvalue weighted by Gasteiger charge is -2.14. The van der Waals surface area contributed by atoms with Gasteiger partial charge in [0.25, 0.3) is 0 Å². The van der Waals surface area contributed by atoms with Gasteiger partial charge in [-0.25, -0.2) is 12.7 Å². The lowest BCUT2D eigenvalue weighted by molar-refractivity contribution is 0.176. The van der Waals surface area contributed by atoms with Gasteiger partial charge in [0.05, 0.1) is 11.0 Å². The zero-order chi connectivity index (χ0) is 14.5. The fourth-order valence-corrected chi connectivity index (χ4v) is 2.53. The predicted octanol–water partition coefficient (Wildman–Crippen LogP) is 1.51. The van der Waals surface area contributed by atoms with Crippen molar-refractivity contribution in [3.05, 3.63) is 24.3 Å². The second-order valence-corrected chi connectivity index (χ2v) is 6.79. The molecule has 0 aromatic heterocycles. The van der Waals surface area contributed by atoms with E-state index in [0.717, 1.165) is 18.5 Å². The minimum atomic E-state index is -3.38. The molecule has 1 atom stereocenters. The largest absolute Gasteiger partial charge is 0.391 e. The molecule has 0 bridgehead atoms. The van der Waals surface area contributed by atoms with E-state index in [4.69, 9.17) is 0 Å². The molecule has 1 rings (SSSR count). The molecule has 0 aliphatic carbocycles. The van der Waals surface area contributed by atoms with Crippen molar-refractivity contribution in [3.8, 4) is 0 Å². The Kier molecular flexibility index (Phi) is 5.78. The normalized spacial score (nSPS) is 13.5. The Labute approximate surface area is 115 Å². The van der Waals surface area contributed by atoms with E-state index < -0.39 is 10.0 Å². The van der Waals surface area contributed by atoms with Crippen LogP contribution in [0.15, 0.2) is 29.2 Å². The standard InChI is InChI=1S/C13H22N2O3S/c1-4-5-12(16)10-14-11-6-8-13(9-7-11)19(17,18)15(2)3/h6-9,12,14,16H,4-5,10H2,1-3H3. The first-order chi connectivity index (χ1) is 8.87. The van der Waals surface area contributed by atoms with Crippen LogP contribution in [0.25, 0.3) is 0 Å². The molecule has 1 aromatic rings. The number of nitrogens with one attached hydrogen (secondary N) is 1. The van der Waals surface area contributed by atoms with E-state index in [2.05, 4.69) is 5.32 Å². The number of benzene rings is 1. The fourth-order valence-electron chi connectivity index (χ4n) is 1.63. The Bertz CT molecular complexity index is 483. The van der Waals surface area contributed by atoms with Crippen LogP contribution in [0.5, 0.6) is 0 Å². The molecule has 0 amide bonds. The summed E-state index contributed by atoms with van der Waals surface area (Å²) < 4.78 is 24.9. The molecule has 0 fully saturated rings. The van der Waals surface area contributed by atoms with Crippen molar-refractivity contribution in [1.29, 1.82) is 0 Å². The maximum absolute atomic E-state index is 11.9.